The lowest BCUT2D eigenvalue weighted by Crippen LogP contribution is -2.44. The number of amides is 2. The molecule has 0 unspecified atom stereocenters. The van der Waals surface area contributed by atoms with E-state index in [-0.39, 0.29) is 0 Å². The van der Waals surface area contributed by atoms with E-state index in [1.807, 2.05) is 6.07 Å². The summed E-state index contributed by atoms with van der Waals surface area (Å²) in [5.41, 5.74) is 5.16. The molecule has 1 saturated heterocycles. The molecular formula is C16H22ClN3O3. The molecule has 1 aliphatic heterocycles. The van der Waals surface area contributed by atoms with E-state index < -0.39 is 17.6 Å². The highest BCUT2D eigenvalue weighted by Crippen LogP contribution is 2.26. The number of halogens is 1. The van der Waals surface area contributed by atoms with Crippen LogP contribution in [0.4, 0.5) is 10.5 Å². The van der Waals surface area contributed by atoms with Crippen LogP contribution in [0, 0.1) is 0 Å². The molecule has 126 valence electrons. The van der Waals surface area contributed by atoms with Gasteiger partial charge in [0.05, 0.1) is 10.6 Å². The van der Waals surface area contributed by atoms with Crippen LogP contribution in [0.3, 0.4) is 0 Å². The largest absolute Gasteiger partial charge is 0.443 e. The van der Waals surface area contributed by atoms with Crippen molar-refractivity contribution in [3.8, 4) is 0 Å². The van der Waals surface area contributed by atoms with Crippen molar-refractivity contribution in [2.75, 3.05) is 18.0 Å². The Hall–Kier alpha value is -1.95. The van der Waals surface area contributed by atoms with Crippen LogP contribution in [-0.4, -0.2) is 30.7 Å². The van der Waals surface area contributed by atoms with Crippen molar-refractivity contribution >= 4 is 29.3 Å². The summed E-state index contributed by atoms with van der Waals surface area (Å²) in [7, 11) is 0. The van der Waals surface area contributed by atoms with Crippen LogP contribution in [-0.2, 0) is 4.74 Å². The Kier molecular flexibility index (Phi) is 5.36. The SMILES string of the molecule is CC(C)(C)OC(=O)NNC(=O)c1ccc(N2CCCC2)cc1Cl. The lowest BCUT2D eigenvalue weighted by Gasteiger charge is -2.20. The fourth-order valence-electron chi connectivity index (χ4n) is 2.34. The molecule has 0 spiro atoms. The molecule has 1 heterocycles. The van der Waals surface area contributed by atoms with E-state index in [1.54, 1.807) is 32.9 Å². The van der Waals surface area contributed by atoms with Gasteiger partial charge in [0.2, 0.25) is 0 Å². The van der Waals surface area contributed by atoms with Gasteiger partial charge in [0, 0.05) is 18.8 Å². The molecule has 23 heavy (non-hydrogen) atoms. The summed E-state index contributed by atoms with van der Waals surface area (Å²) < 4.78 is 5.04. The van der Waals surface area contributed by atoms with Crippen molar-refractivity contribution < 1.29 is 14.3 Å². The second kappa shape index (κ2) is 7.08. The lowest BCUT2D eigenvalue weighted by atomic mass is 10.2. The maximum Gasteiger partial charge on any atom is 0.426 e. The molecule has 2 rings (SSSR count). The van der Waals surface area contributed by atoms with Crippen molar-refractivity contribution in [2.45, 2.75) is 39.2 Å². The number of nitrogens with zero attached hydrogens (tertiary/aromatic N) is 1. The Bertz CT molecular complexity index is 593. The van der Waals surface area contributed by atoms with Crippen LogP contribution in [0.25, 0.3) is 0 Å². The highest BCUT2D eigenvalue weighted by atomic mass is 35.5. The zero-order chi connectivity index (χ0) is 17.0. The zero-order valence-corrected chi connectivity index (χ0v) is 14.4. The number of hydrogen-bond acceptors (Lipinski definition) is 4. The molecule has 1 fully saturated rings. The number of hydrazine groups is 1. The van der Waals surface area contributed by atoms with Crippen molar-refractivity contribution in [2.24, 2.45) is 0 Å². The van der Waals surface area contributed by atoms with Gasteiger partial charge in [0.25, 0.3) is 5.91 Å². The minimum atomic E-state index is -0.726. The van der Waals surface area contributed by atoms with Crippen LogP contribution >= 0.6 is 11.6 Å². The maximum atomic E-state index is 12.1. The van der Waals surface area contributed by atoms with Crippen molar-refractivity contribution in [1.29, 1.82) is 0 Å². The monoisotopic (exact) mass is 339 g/mol. The Balaban J connectivity index is 1.95. The van der Waals surface area contributed by atoms with Crippen LogP contribution < -0.4 is 15.8 Å². The highest BCUT2D eigenvalue weighted by molar-refractivity contribution is 6.34. The van der Waals surface area contributed by atoms with E-state index >= 15 is 0 Å². The minimum Gasteiger partial charge on any atom is -0.443 e. The fraction of sp³-hybridized carbons (Fsp3) is 0.500. The van der Waals surface area contributed by atoms with Gasteiger partial charge >= 0.3 is 6.09 Å². The summed E-state index contributed by atoms with van der Waals surface area (Å²) in [5.74, 6) is -0.492. The number of carbonyl (C=O) groups is 2. The summed E-state index contributed by atoms with van der Waals surface area (Å²) in [6.07, 6.45) is 1.61. The first-order valence-electron chi connectivity index (χ1n) is 7.60. The van der Waals surface area contributed by atoms with E-state index in [4.69, 9.17) is 16.3 Å². The number of anilines is 1. The number of nitrogens with one attached hydrogen (secondary N) is 2. The minimum absolute atomic E-state index is 0.297. The average molecular weight is 340 g/mol. The standard InChI is InChI=1S/C16H22ClN3O3/c1-16(2,3)23-15(22)19-18-14(21)12-7-6-11(10-13(12)17)20-8-4-5-9-20/h6-7,10H,4-5,8-9H2,1-3H3,(H,18,21)(H,19,22). The third-order valence-electron chi connectivity index (χ3n) is 3.35. The summed E-state index contributed by atoms with van der Waals surface area (Å²) in [6, 6.07) is 5.29. The number of ether oxygens (including phenoxy) is 1. The van der Waals surface area contributed by atoms with E-state index in [1.165, 1.54) is 12.8 Å². The molecule has 0 aromatic heterocycles. The van der Waals surface area contributed by atoms with E-state index in [0.717, 1.165) is 18.8 Å². The average Bonchev–Trinajstić information content (AvgIpc) is 2.97. The first kappa shape index (κ1) is 17.4. The number of rotatable bonds is 2. The molecule has 0 atom stereocenters. The van der Waals surface area contributed by atoms with Crippen molar-refractivity contribution in [1.82, 2.24) is 10.9 Å². The number of carbonyl (C=O) groups excluding carboxylic acids is 2. The molecule has 2 amide bonds. The van der Waals surface area contributed by atoms with Gasteiger partial charge in [-0.15, -0.1) is 0 Å². The van der Waals surface area contributed by atoms with Crippen LogP contribution in [0.5, 0.6) is 0 Å². The van der Waals surface area contributed by atoms with E-state index in [0.29, 0.717) is 10.6 Å². The van der Waals surface area contributed by atoms with Gasteiger partial charge in [-0.2, -0.15) is 0 Å². The summed E-state index contributed by atoms with van der Waals surface area (Å²) >= 11 is 6.19. The zero-order valence-electron chi connectivity index (χ0n) is 13.6. The molecule has 1 aromatic carbocycles. The predicted molar refractivity (Wildman–Crippen MR) is 89.7 cm³/mol. The van der Waals surface area contributed by atoms with Gasteiger partial charge in [-0.1, -0.05) is 11.6 Å². The van der Waals surface area contributed by atoms with Crippen LogP contribution in [0.2, 0.25) is 5.02 Å². The topological polar surface area (TPSA) is 70.7 Å². The predicted octanol–water partition coefficient (Wildman–Crippen LogP) is 3.11. The van der Waals surface area contributed by atoms with Gasteiger partial charge in [-0.25, -0.2) is 10.2 Å². The quantitative estimate of drug-likeness (QED) is 0.812. The molecule has 1 aromatic rings. The van der Waals surface area contributed by atoms with Crippen molar-refractivity contribution in [3.63, 3.8) is 0 Å². The molecule has 0 radical (unpaired) electrons. The Morgan fingerprint density at radius 2 is 1.83 bits per heavy atom. The molecule has 0 saturated carbocycles. The smallest absolute Gasteiger partial charge is 0.426 e. The number of hydrogen-bond donors (Lipinski definition) is 2. The van der Waals surface area contributed by atoms with Gasteiger partial charge in [-0.3, -0.25) is 10.2 Å². The summed E-state index contributed by atoms with van der Waals surface area (Å²) in [4.78, 5) is 25.8. The molecular weight excluding hydrogens is 318 g/mol. The first-order chi connectivity index (χ1) is 10.8. The lowest BCUT2D eigenvalue weighted by molar-refractivity contribution is 0.0483. The normalized spacial score (nSPS) is 14.5. The second-order valence-electron chi connectivity index (χ2n) is 6.44. The second-order valence-corrected chi connectivity index (χ2v) is 6.85. The fourth-order valence-corrected chi connectivity index (χ4v) is 2.60. The van der Waals surface area contributed by atoms with E-state index in [2.05, 4.69) is 15.8 Å². The van der Waals surface area contributed by atoms with Crippen LogP contribution in [0.1, 0.15) is 44.0 Å². The molecule has 2 N–H and O–H groups in total. The Morgan fingerprint density at radius 1 is 1.17 bits per heavy atom. The Morgan fingerprint density at radius 3 is 2.39 bits per heavy atom. The highest BCUT2D eigenvalue weighted by Gasteiger charge is 2.19. The molecule has 0 bridgehead atoms. The van der Waals surface area contributed by atoms with Gasteiger partial charge in [0.15, 0.2) is 0 Å². The third kappa shape index (κ3) is 5.03. The van der Waals surface area contributed by atoms with Gasteiger partial charge < -0.3 is 9.64 Å². The molecule has 1 aliphatic rings. The summed E-state index contributed by atoms with van der Waals surface area (Å²) in [5, 5.41) is 0.345. The Labute approximate surface area is 141 Å². The first-order valence-corrected chi connectivity index (χ1v) is 7.98. The number of benzene rings is 1. The molecule has 7 heteroatoms. The van der Waals surface area contributed by atoms with Gasteiger partial charge in [0.1, 0.15) is 5.60 Å². The third-order valence-corrected chi connectivity index (χ3v) is 3.66. The van der Waals surface area contributed by atoms with E-state index in [9.17, 15) is 9.59 Å². The van der Waals surface area contributed by atoms with Crippen LogP contribution in [0.15, 0.2) is 18.2 Å². The molecule has 0 aliphatic carbocycles. The van der Waals surface area contributed by atoms with Gasteiger partial charge in [-0.05, 0) is 51.8 Å². The van der Waals surface area contributed by atoms with Crippen molar-refractivity contribution in [3.05, 3.63) is 28.8 Å². The molecule has 6 nitrogen and oxygen atoms in total. The maximum absolute atomic E-state index is 12.1. The summed E-state index contributed by atoms with van der Waals surface area (Å²) in [6.45, 7) is 7.22.